The predicted molar refractivity (Wildman–Crippen MR) is 150 cm³/mol. The Morgan fingerprint density at radius 2 is 1.51 bits per heavy atom. The van der Waals surface area contributed by atoms with Gasteiger partial charge in [0.25, 0.3) is 12.1 Å². The van der Waals surface area contributed by atoms with Gasteiger partial charge >= 0.3 is 12.2 Å². The average Bonchev–Trinajstić information content (AvgIpc) is 3.39. The monoisotopic (exact) mass is 578 g/mol. The van der Waals surface area contributed by atoms with Gasteiger partial charge in [-0.25, -0.2) is 0 Å². The van der Waals surface area contributed by atoms with Gasteiger partial charge in [-0.3, -0.25) is 9.59 Å². The van der Waals surface area contributed by atoms with E-state index in [0.29, 0.717) is 16.8 Å². The van der Waals surface area contributed by atoms with E-state index in [1.807, 2.05) is 13.8 Å². The first-order valence-electron chi connectivity index (χ1n) is 12.7. The van der Waals surface area contributed by atoms with E-state index in [0.717, 1.165) is 6.42 Å². The fourth-order valence-corrected chi connectivity index (χ4v) is 4.68. The number of rotatable bonds is 7. The molecule has 12 heteroatoms. The number of ether oxygens (including phenoxy) is 3. The van der Waals surface area contributed by atoms with Gasteiger partial charge in [-0.2, -0.15) is 9.13 Å². The lowest BCUT2D eigenvalue weighted by atomic mass is 9.98. The molecular weight excluding hydrogens is 532 g/mol. The lowest BCUT2D eigenvalue weighted by Crippen LogP contribution is -2.46. The molecule has 0 saturated carbocycles. The quantitative estimate of drug-likeness (QED) is 0.234. The molecule has 0 aliphatic carbocycles. The second-order valence-electron chi connectivity index (χ2n) is 9.60. The average molecular weight is 579 g/mol. The molecule has 2 aliphatic heterocycles. The highest BCUT2D eigenvalue weighted by atomic mass is 16.6. The minimum absolute atomic E-state index is 0. The number of amides is 1. The zero-order chi connectivity index (χ0) is 28.9. The third kappa shape index (κ3) is 8.30. The molecule has 2 aromatic heterocycles. The molecule has 0 spiro atoms. The Bertz CT molecular complexity index is 1180. The molecule has 4 heterocycles. The molecule has 2 fully saturated rings. The van der Waals surface area contributed by atoms with Crippen molar-refractivity contribution in [3.05, 3.63) is 66.8 Å². The molecule has 7 N–H and O–H groups in total. The van der Waals surface area contributed by atoms with Crippen molar-refractivity contribution < 1.29 is 48.3 Å². The van der Waals surface area contributed by atoms with Crippen LogP contribution in [-0.4, -0.2) is 64.3 Å². The molecule has 0 aromatic carbocycles. The molecule has 41 heavy (non-hydrogen) atoms. The topological polar surface area (TPSA) is 182 Å². The summed E-state index contributed by atoms with van der Waals surface area (Å²) in [6.45, 7) is 8.69. The highest BCUT2D eigenvalue weighted by molar-refractivity contribution is 5.92. The highest BCUT2D eigenvalue weighted by Crippen LogP contribution is 2.34. The summed E-state index contributed by atoms with van der Waals surface area (Å²) in [7, 11) is 0. The van der Waals surface area contributed by atoms with Crippen LogP contribution >= 0.6 is 0 Å². The zero-order valence-corrected chi connectivity index (χ0v) is 22.3. The van der Waals surface area contributed by atoms with Crippen LogP contribution in [0.5, 0.6) is 0 Å². The van der Waals surface area contributed by atoms with Crippen LogP contribution in [0.25, 0.3) is 5.70 Å². The number of pyridine rings is 2. The molecule has 0 bridgehead atoms. The summed E-state index contributed by atoms with van der Waals surface area (Å²) in [6.07, 6.45) is 2.98. The number of hydrogen-bond donors (Lipinski definition) is 5. The van der Waals surface area contributed by atoms with Crippen LogP contribution < -0.4 is 20.6 Å². The number of esters is 1. The first-order valence-corrected chi connectivity index (χ1v) is 12.7. The normalized spacial score (nSPS) is 28.3. The van der Waals surface area contributed by atoms with Crippen LogP contribution in [0.2, 0.25) is 0 Å². The van der Waals surface area contributed by atoms with Crippen LogP contribution in [0.4, 0.5) is 0 Å². The largest absolute Gasteiger partial charge is 0.452 e. The number of nitrogens with two attached hydrogens (primary N) is 2. The first-order chi connectivity index (χ1) is 18.5. The third-order valence-corrected chi connectivity index (χ3v) is 6.81. The van der Waals surface area contributed by atoms with Crippen molar-refractivity contribution in [2.45, 2.75) is 85.0 Å². The van der Waals surface area contributed by atoms with Gasteiger partial charge in [0, 0.05) is 30.7 Å². The van der Waals surface area contributed by atoms with Crippen molar-refractivity contribution in [2.75, 3.05) is 6.61 Å². The molecule has 4 rings (SSSR count). The summed E-state index contributed by atoms with van der Waals surface area (Å²) in [5.74, 6) is -0.774. The molecule has 2 aromatic rings. The summed E-state index contributed by atoms with van der Waals surface area (Å²) < 4.78 is 20.1. The molecule has 12 nitrogen and oxygen atoms in total. The lowest BCUT2D eigenvalue weighted by molar-refractivity contribution is -0.766. The first kappa shape index (κ1) is 35.6. The van der Waals surface area contributed by atoms with E-state index < -0.39 is 36.7 Å². The summed E-state index contributed by atoms with van der Waals surface area (Å²) in [5, 5.41) is 28.6. The molecule has 2 saturated heterocycles. The molecule has 0 radical (unpaired) electrons. The zero-order valence-electron chi connectivity index (χ0n) is 22.3. The Hall–Kier alpha value is -3.42. The van der Waals surface area contributed by atoms with E-state index in [9.17, 15) is 19.8 Å². The SMILES string of the molecule is C.C.C=C(N)c1ccc[n+](C2O[C@H](CO)[C@@H](O)[C@H]2O)c1.CC[C@H]1OC([n+]2cccc(C(N)=O)c2)[C@H](OC(C)=O)[C@@H]1C. The van der Waals surface area contributed by atoms with Crippen LogP contribution in [-0.2, 0) is 19.0 Å². The summed E-state index contributed by atoms with van der Waals surface area (Å²) in [5.41, 5.74) is 12.4. The Morgan fingerprint density at radius 1 is 0.976 bits per heavy atom. The van der Waals surface area contributed by atoms with Crippen molar-refractivity contribution >= 4 is 17.6 Å². The third-order valence-electron chi connectivity index (χ3n) is 6.81. The minimum atomic E-state index is -1.11. The molecular formula is C29H46N4O8+2. The van der Waals surface area contributed by atoms with E-state index in [1.165, 1.54) is 6.92 Å². The molecule has 2 unspecified atom stereocenters. The van der Waals surface area contributed by atoms with Gasteiger partial charge in [-0.05, 0) is 18.6 Å². The van der Waals surface area contributed by atoms with Gasteiger partial charge in [0.1, 0.15) is 17.8 Å². The van der Waals surface area contributed by atoms with Crippen LogP contribution in [0.15, 0.2) is 55.6 Å². The maximum absolute atomic E-state index is 11.3. The van der Waals surface area contributed by atoms with Gasteiger partial charge in [0.05, 0.1) is 18.3 Å². The second kappa shape index (κ2) is 15.5. The van der Waals surface area contributed by atoms with E-state index >= 15 is 0 Å². The minimum Gasteiger partial charge on any atom is -0.452 e. The number of carbonyl (C=O) groups excluding carboxylic acids is 2. The Labute approximate surface area is 241 Å². The Balaban J connectivity index is 0.000000395. The Kier molecular flexibility index (Phi) is 13.5. The molecule has 2 aliphatic rings. The number of hydrogen-bond acceptors (Lipinski definition) is 9. The van der Waals surface area contributed by atoms with Gasteiger partial charge in [-0.15, -0.1) is 0 Å². The van der Waals surface area contributed by atoms with Gasteiger partial charge in [0.2, 0.25) is 0 Å². The maximum atomic E-state index is 11.3. The smallest absolute Gasteiger partial charge is 0.303 e. The van der Waals surface area contributed by atoms with E-state index in [-0.39, 0.29) is 45.6 Å². The number of primary amides is 1. The summed E-state index contributed by atoms with van der Waals surface area (Å²) in [4.78, 5) is 22.6. The van der Waals surface area contributed by atoms with Gasteiger partial charge in [-0.1, -0.05) is 35.3 Å². The molecule has 1 amide bonds. The maximum Gasteiger partial charge on any atom is 0.303 e. The highest BCUT2D eigenvalue weighted by Gasteiger charge is 2.49. The van der Waals surface area contributed by atoms with Crippen molar-refractivity contribution in [1.82, 2.24) is 0 Å². The standard InChI is InChI=1S/C15H20N2O4.C12H17N2O4.2CH4/c1-4-12-9(2)13(20-10(3)18)15(21-12)17-7-5-6-11(8-17)14(16)19;1-7(13)8-3-2-4-14(5-8)12-11(17)10(16)9(6-15)18-12;;/h5-9,12-13,15H,4H2,1-3H3,(H-,16,19);2-5,9-12,15-17H,1,6,13H2;2*1H4/q;+1;;/p+1/t9-,12-,13-,15?;9-,10-,11-,12?;;/m11../s1. The van der Waals surface area contributed by atoms with E-state index in [1.54, 1.807) is 58.2 Å². The van der Waals surface area contributed by atoms with Crippen molar-refractivity contribution in [1.29, 1.82) is 0 Å². The molecule has 8 atom stereocenters. The number of aliphatic hydroxyl groups is 3. The number of aromatic nitrogens is 2. The van der Waals surface area contributed by atoms with Crippen LogP contribution in [0.1, 0.15) is 70.4 Å². The van der Waals surface area contributed by atoms with Crippen molar-refractivity contribution in [2.24, 2.45) is 17.4 Å². The summed E-state index contributed by atoms with van der Waals surface area (Å²) in [6, 6.07) is 6.87. The molecule has 228 valence electrons. The lowest BCUT2D eigenvalue weighted by Gasteiger charge is -2.17. The number of nitrogens with zero attached hydrogens (tertiary/aromatic N) is 2. The van der Waals surface area contributed by atoms with Gasteiger partial charge in [0.15, 0.2) is 37.0 Å². The fourth-order valence-electron chi connectivity index (χ4n) is 4.68. The van der Waals surface area contributed by atoms with E-state index in [2.05, 4.69) is 6.58 Å². The van der Waals surface area contributed by atoms with Gasteiger partial charge < -0.3 is 41.0 Å². The van der Waals surface area contributed by atoms with E-state index in [4.69, 9.17) is 30.8 Å². The number of carbonyl (C=O) groups is 2. The van der Waals surface area contributed by atoms with Crippen LogP contribution in [0.3, 0.4) is 0 Å². The number of aliphatic hydroxyl groups excluding tert-OH is 3. The van der Waals surface area contributed by atoms with Crippen LogP contribution in [0, 0.1) is 5.92 Å². The predicted octanol–water partition coefficient (Wildman–Crippen LogP) is 0.735. The fraction of sp³-hybridized carbons (Fsp3) is 0.517. The van der Waals surface area contributed by atoms with Crippen molar-refractivity contribution in [3.8, 4) is 0 Å². The van der Waals surface area contributed by atoms with Crippen molar-refractivity contribution in [3.63, 3.8) is 0 Å². The second-order valence-corrected chi connectivity index (χ2v) is 9.60. The summed E-state index contributed by atoms with van der Waals surface area (Å²) >= 11 is 0. The Morgan fingerprint density at radius 3 is 2.00 bits per heavy atom.